The van der Waals surface area contributed by atoms with Crippen LogP contribution >= 0.6 is 0 Å². The predicted octanol–water partition coefficient (Wildman–Crippen LogP) is 5.63. The number of benzene rings is 2. The van der Waals surface area contributed by atoms with Crippen LogP contribution in [0.4, 0.5) is 0 Å². The van der Waals surface area contributed by atoms with Crippen LogP contribution in [0.3, 0.4) is 0 Å². The van der Waals surface area contributed by atoms with E-state index in [1.54, 1.807) is 0 Å². The van der Waals surface area contributed by atoms with Crippen molar-refractivity contribution in [1.29, 1.82) is 5.26 Å². The highest BCUT2D eigenvalue weighted by molar-refractivity contribution is 5.99. The number of carbonyl (C=O) groups is 1. The minimum atomic E-state index is -0.394. The summed E-state index contributed by atoms with van der Waals surface area (Å²) in [7, 11) is 0. The lowest BCUT2D eigenvalue weighted by Crippen LogP contribution is -2.32. The molecule has 0 unspecified atom stereocenters. The van der Waals surface area contributed by atoms with Gasteiger partial charge in [0.1, 0.15) is 6.07 Å². The van der Waals surface area contributed by atoms with Crippen molar-refractivity contribution in [3.8, 4) is 6.07 Å². The van der Waals surface area contributed by atoms with Crippen LogP contribution in [0.15, 0.2) is 42.1 Å². The molecule has 0 aromatic heterocycles. The molecule has 1 amide bonds. The topological polar surface area (TPSA) is 52.9 Å². The monoisotopic (exact) mass is 360 g/mol. The Morgan fingerprint density at radius 3 is 1.93 bits per heavy atom. The number of aryl methyl sites for hydroxylation is 4. The van der Waals surface area contributed by atoms with Crippen molar-refractivity contribution in [1.82, 2.24) is 5.32 Å². The molecule has 27 heavy (non-hydrogen) atoms. The second kappa shape index (κ2) is 7.80. The fraction of sp³-hybridized carbons (Fsp3) is 0.333. The van der Waals surface area contributed by atoms with Crippen molar-refractivity contribution in [3.05, 3.63) is 75.5 Å². The number of hydrogen-bond donors (Lipinski definition) is 1. The number of nitriles is 1. The van der Waals surface area contributed by atoms with Gasteiger partial charge in [-0.15, -0.1) is 0 Å². The fourth-order valence-electron chi connectivity index (χ4n) is 3.36. The zero-order chi connectivity index (χ0) is 20.4. The van der Waals surface area contributed by atoms with Crippen LogP contribution in [0.5, 0.6) is 0 Å². The van der Waals surface area contributed by atoms with E-state index < -0.39 is 5.41 Å². The van der Waals surface area contributed by atoms with E-state index in [0.717, 1.165) is 27.8 Å². The summed E-state index contributed by atoms with van der Waals surface area (Å²) in [6.45, 7) is 13.9. The van der Waals surface area contributed by atoms with E-state index in [4.69, 9.17) is 0 Å². The number of nitrogens with one attached hydrogen (secondary N) is 1. The highest BCUT2D eigenvalue weighted by Gasteiger charge is 2.26. The van der Waals surface area contributed by atoms with Gasteiger partial charge in [-0.2, -0.15) is 5.26 Å². The third-order valence-corrected chi connectivity index (χ3v) is 4.57. The molecule has 0 aliphatic carbocycles. The Bertz CT molecular complexity index is 913. The lowest BCUT2D eigenvalue weighted by Gasteiger charge is -2.26. The summed E-state index contributed by atoms with van der Waals surface area (Å²) in [6, 6.07) is 14.2. The Balaban J connectivity index is 2.62. The summed E-state index contributed by atoms with van der Waals surface area (Å²) in [5, 5.41) is 13.0. The molecule has 0 aliphatic heterocycles. The number of allylic oxidation sites excluding steroid dienone is 2. The Kier molecular flexibility index (Phi) is 5.91. The van der Waals surface area contributed by atoms with Gasteiger partial charge < -0.3 is 5.32 Å². The highest BCUT2D eigenvalue weighted by Crippen LogP contribution is 2.32. The summed E-state index contributed by atoms with van der Waals surface area (Å²) < 4.78 is 0. The van der Waals surface area contributed by atoms with Gasteiger partial charge >= 0.3 is 0 Å². The normalized spacial score (nSPS) is 12.2. The maximum absolute atomic E-state index is 13.1. The van der Waals surface area contributed by atoms with E-state index in [0.29, 0.717) is 16.8 Å². The molecule has 2 rings (SSSR count). The molecule has 0 fully saturated rings. The van der Waals surface area contributed by atoms with Crippen molar-refractivity contribution < 1.29 is 4.79 Å². The molecular weight excluding hydrogens is 332 g/mol. The first-order valence-corrected chi connectivity index (χ1v) is 9.15. The first-order chi connectivity index (χ1) is 12.5. The molecule has 0 atom stereocenters. The van der Waals surface area contributed by atoms with Gasteiger partial charge in [-0.1, -0.05) is 68.3 Å². The van der Waals surface area contributed by atoms with Crippen LogP contribution in [-0.2, 0) is 0 Å². The van der Waals surface area contributed by atoms with Gasteiger partial charge in [-0.25, -0.2) is 0 Å². The van der Waals surface area contributed by atoms with Crippen LogP contribution in [0.1, 0.15) is 58.9 Å². The summed E-state index contributed by atoms with van der Waals surface area (Å²) in [5.74, 6) is -0.173. The molecule has 0 saturated carbocycles. The van der Waals surface area contributed by atoms with Gasteiger partial charge in [0.2, 0.25) is 0 Å². The van der Waals surface area contributed by atoms with E-state index in [2.05, 4.69) is 17.5 Å². The number of nitrogens with zero attached hydrogens (tertiary/aromatic N) is 1. The molecule has 0 heterocycles. The van der Waals surface area contributed by atoms with E-state index in [9.17, 15) is 10.1 Å². The maximum Gasteiger partial charge on any atom is 0.256 e. The van der Waals surface area contributed by atoms with Gasteiger partial charge in [0.05, 0.1) is 5.57 Å². The average Bonchev–Trinajstić information content (AvgIpc) is 2.52. The first kappa shape index (κ1) is 20.5. The molecule has 0 saturated heterocycles. The summed E-state index contributed by atoms with van der Waals surface area (Å²) in [5.41, 5.74) is 6.28. The fourth-order valence-corrected chi connectivity index (χ4v) is 3.36. The number of rotatable bonds is 3. The molecular formula is C24H28N2O. The molecule has 3 nitrogen and oxygen atoms in total. The summed E-state index contributed by atoms with van der Waals surface area (Å²) in [4.78, 5) is 13.1. The quantitative estimate of drug-likeness (QED) is 0.721. The highest BCUT2D eigenvalue weighted by atomic mass is 16.1. The van der Waals surface area contributed by atoms with Crippen LogP contribution in [-0.4, -0.2) is 5.91 Å². The van der Waals surface area contributed by atoms with Crippen LogP contribution < -0.4 is 5.32 Å². The number of hydrogen-bond acceptors (Lipinski definition) is 2. The first-order valence-electron chi connectivity index (χ1n) is 9.15. The van der Waals surface area contributed by atoms with Gasteiger partial charge in [0, 0.05) is 16.7 Å². The predicted molar refractivity (Wildman–Crippen MR) is 111 cm³/mol. The standard InChI is InChI=1S/C24H28N2O/c1-15-11-16(2)13-19(12-15)20(14-25)22(24(5,6)7)26-23(27)21-17(3)9-8-10-18(21)4/h8-13H,1-7H3,(H,26,27)/b22-20-. The SMILES string of the molecule is Cc1cc(C)cc(/C(C#N)=C(\NC(=O)c2c(C)cccc2C)C(C)(C)C)c1. The second-order valence-corrected chi connectivity index (χ2v) is 8.21. The van der Waals surface area contributed by atoms with E-state index in [1.165, 1.54) is 0 Å². The van der Waals surface area contributed by atoms with Gasteiger partial charge in [0.25, 0.3) is 5.91 Å². The zero-order valence-corrected chi connectivity index (χ0v) is 17.3. The van der Waals surface area contributed by atoms with Crippen LogP contribution in [0.2, 0.25) is 0 Å². The van der Waals surface area contributed by atoms with Crippen molar-refractivity contribution in [2.45, 2.75) is 48.5 Å². The molecule has 2 aromatic rings. The molecule has 140 valence electrons. The Morgan fingerprint density at radius 2 is 1.48 bits per heavy atom. The summed E-state index contributed by atoms with van der Waals surface area (Å²) in [6.07, 6.45) is 0. The van der Waals surface area contributed by atoms with E-state index in [1.807, 2.05) is 78.8 Å². The zero-order valence-electron chi connectivity index (χ0n) is 17.3. The number of carbonyl (C=O) groups excluding carboxylic acids is 1. The largest absolute Gasteiger partial charge is 0.324 e. The lowest BCUT2D eigenvalue weighted by atomic mass is 9.85. The Morgan fingerprint density at radius 1 is 0.963 bits per heavy atom. The molecule has 1 N–H and O–H groups in total. The maximum atomic E-state index is 13.1. The number of amides is 1. The minimum absolute atomic E-state index is 0.173. The van der Waals surface area contributed by atoms with E-state index >= 15 is 0 Å². The molecule has 2 aromatic carbocycles. The van der Waals surface area contributed by atoms with Crippen LogP contribution in [0.25, 0.3) is 5.57 Å². The molecule has 0 spiro atoms. The molecule has 3 heteroatoms. The van der Waals surface area contributed by atoms with Gasteiger partial charge in [0.15, 0.2) is 0 Å². The lowest BCUT2D eigenvalue weighted by molar-refractivity contribution is 0.0957. The van der Waals surface area contributed by atoms with Crippen molar-refractivity contribution in [2.24, 2.45) is 5.41 Å². The van der Waals surface area contributed by atoms with Crippen molar-refractivity contribution in [3.63, 3.8) is 0 Å². The van der Waals surface area contributed by atoms with Gasteiger partial charge in [-0.05, 0) is 44.4 Å². The third kappa shape index (κ3) is 4.65. The average molecular weight is 361 g/mol. The van der Waals surface area contributed by atoms with E-state index in [-0.39, 0.29) is 5.91 Å². The molecule has 0 aliphatic rings. The second-order valence-electron chi connectivity index (χ2n) is 8.21. The third-order valence-electron chi connectivity index (χ3n) is 4.57. The van der Waals surface area contributed by atoms with Crippen molar-refractivity contribution in [2.75, 3.05) is 0 Å². The van der Waals surface area contributed by atoms with Crippen LogP contribution in [0, 0.1) is 44.4 Å². The summed E-state index contributed by atoms with van der Waals surface area (Å²) >= 11 is 0. The Labute approximate surface area is 162 Å². The minimum Gasteiger partial charge on any atom is -0.324 e. The Hall–Kier alpha value is -2.86. The smallest absolute Gasteiger partial charge is 0.256 e. The molecule has 0 radical (unpaired) electrons. The van der Waals surface area contributed by atoms with Gasteiger partial charge in [-0.3, -0.25) is 4.79 Å². The van der Waals surface area contributed by atoms with Crippen molar-refractivity contribution >= 4 is 11.5 Å². The molecule has 0 bridgehead atoms.